The summed E-state index contributed by atoms with van der Waals surface area (Å²) in [6.07, 6.45) is 0.334. The van der Waals surface area contributed by atoms with Crippen molar-refractivity contribution in [1.29, 1.82) is 0 Å². The third-order valence-corrected chi connectivity index (χ3v) is 2.49. The Bertz CT molecular complexity index is 394. The second kappa shape index (κ2) is 7.24. The van der Waals surface area contributed by atoms with E-state index in [2.05, 4.69) is 5.32 Å². The Morgan fingerprint density at radius 1 is 1.44 bits per heavy atom. The number of ether oxygens (including phenoxy) is 1. The van der Waals surface area contributed by atoms with Gasteiger partial charge in [-0.15, -0.1) is 12.4 Å². The van der Waals surface area contributed by atoms with Gasteiger partial charge in [0.15, 0.2) is 0 Å². The molecule has 4 nitrogen and oxygen atoms in total. The van der Waals surface area contributed by atoms with Gasteiger partial charge < -0.3 is 15.8 Å². The molecule has 102 valence electrons. The van der Waals surface area contributed by atoms with Crippen molar-refractivity contribution < 1.29 is 9.53 Å². The van der Waals surface area contributed by atoms with E-state index in [4.69, 9.17) is 10.5 Å². The smallest absolute Gasteiger partial charge is 0.224 e. The lowest BCUT2D eigenvalue weighted by Crippen LogP contribution is -2.49. The lowest BCUT2D eigenvalue weighted by Gasteiger charge is -2.24. The lowest BCUT2D eigenvalue weighted by atomic mass is 10.0. The molecule has 1 aromatic carbocycles. The van der Waals surface area contributed by atoms with E-state index in [-0.39, 0.29) is 23.9 Å². The molecule has 3 N–H and O–H groups in total. The number of halogens is 1. The van der Waals surface area contributed by atoms with Gasteiger partial charge in [-0.25, -0.2) is 0 Å². The van der Waals surface area contributed by atoms with Gasteiger partial charge in [-0.1, -0.05) is 12.1 Å². The normalized spacial score (nSPS) is 10.4. The third kappa shape index (κ3) is 5.38. The van der Waals surface area contributed by atoms with Crippen LogP contribution in [0.2, 0.25) is 0 Å². The van der Waals surface area contributed by atoms with Crippen molar-refractivity contribution in [3.8, 4) is 5.75 Å². The second-order valence-corrected chi connectivity index (χ2v) is 4.66. The summed E-state index contributed by atoms with van der Waals surface area (Å²) in [4.78, 5) is 11.8. The molecule has 18 heavy (non-hydrogen) atoms. The average Bonchev–Trinajstić information content (AvgIpc) is 2.28. The number of hydrogen-bond acceptors (Lipinski definition) is 3. The third-order valence-electron chi connectivity index (χ3n) is 2.49. The van der Waals surface area contributed by atoms with E-state index in [9.17, 15) is 4.79 Å². The Balaban J connectivity index is 0.00000289. The minimum Gasteiger partial charge on any atom is -0.497 e. The van der Waals surface area contributed by atoms with Gasteiger partial charge in [0.05, 0.1) is 13.5 Å². The van der Waals surface area contributed by atoms with Gasteiger partial charge in [0.2, 0.25) is 5.91 Å². The number of carbonyl (C=O) groups is 1. The minimum absolute atomic E-state index is 0. The summed E-state index contributed by atoms with van der Waals surface area (Å²) in [6, 6.07) is 7.48. The SMILES string of the molecule is COc1cccc(CC(=O)NC(C)(C)CN)c1.Cl. The number of nitrogens with two attached hydrogens (primary N) is 1. The largest absolute Gasteiger partial charge is 0.497 e. The van der Waals surface area contributed by atoms with E-state index < -0.39 is 0 Å². The summed E-state index contributed by atoms with van der Waals surface area (Å²) in [5.41, 5.74) is 6.12. The maximum Gasteiger partial charge on any atom is 0.224 e. The molecule has 0 saturated carbocycles. The summed E-state index contributed by atoms with van der Waals surface area (Å²) in [5.74, 6) is 0.724. The Morgan fingerprint density at radius 2 is 2.11 bits per heavy atom. The summed E-state index contributed by atoms with van der Waals surface area (Å²) >= 11 is 0. The highest BCUT2D eigenvalue weighted by molar-refractivity contribution is 5.85. The molecule has 0 saturated heterocycles. The highest BCUT2D eigenvalue weighted by atomic mass is 35.5. The van der Waals surface area contributed by atoms with Crippen molar-refractivity contribution in [3.63, 3.8) is 0 Å². The minimum atomic E-state index is -0.365. The number of hydrogen-bond donors (Lipinski definition) is 2. The molecule has 1 amide bonds. The molecule has 0 aromatic heterocycles. The quantitative estimate of drug-likeness (QED) is 0.854. The number of amides is 1. The molecule has 0 aliphatic carbocycles. The van der Waals surface area contributed by atoms with Crippen LogP contribution in [0.5, 0.6) is 5.75 Å². The first kappa shape index (κ1) is 16.7. The second-order valence-electron chi connectivity index (χ2n) is 4.66. The highest BCUT2D eigenvalue weighted by Gasteiger charge is 2.18. The van der Waals surface area contributed by atoms with E-state index in [0.29, 0.717) is 13.0 Å². The van der Waals surface area contributed by atoms with Crippen LogP contribution < -0.4 is 15.8 Å². The molecule has 0 spiro atoms. The number of carbonyl (C=O) groups excluding carboxylic acids is 1. The zero-order valence-corrected chi connectivity index (χ0v) is 11.8. The van der Waals surface area contributed by atoms with Gasteiger partial charge >= 0.3 is 0 Å². The predicted molar refractivity (Wildman–Crippen MR) is 75.2 cm³/mol. The predicted octanol–water partition coefficient (Wildman–Crippen LogP) is 1.51. The summed E-state index contributed by atoms with van der Waals surface area (Å²) in [5, 5.41) is 2.89. The zero-order valence-electron chi connectivity index (χ0n) is 11.0. The van der Waals surface area contributed by atoms with Crippen molar-refractivity contribution in [2.45, 2.75) is 25.8 Å². The van der Waals surface area contributed by atoms with E-state index in [1.807, 2.05) is 38.1 Å². The van der Waals surface area contributed by atoms with Crippen LogP contribution in [0.1, 0.15) is 19.4 Å². The first-order chi connectivity index (χ1) is 7.96. The van der Waals surface area contributed by atoms with Gasteiger partial charge in [0, 0.05) is 12.1 Å². The standard InChI is InChI=1S/C13H20N2O2.ClH/c1-13(2,9-14)15-12(16)8-10-5-4-6-11(7-10)17-3;/h4-7H,8-9,14H2,1-3H3,(H,15,16);1H. The van der Waals surface area contributed by atoms with Crippen molar-refractivity contribution >= 4 is 18.3 Å². The van der Waals surface area contributed by atoms with Crippen LogP contribution in [0.3, 0.4) is 0 Å². The van der Waals surface area contributed by atoms with Crippen LogP contribution in [-0.2, 0) is 11.2 Å². The molecule has 0 unspecified atom stereocenters. The van der Waals surface area contributed by atoms with E-state index in [0.717, 1.165) is 11.3 Å². The van der Waals surface area contributed by atoms with E-state index >= 15 is 0 Å². The Labute approximate surface area is 114 Å². The molecule has 1 aromatic rings. The molecule has 1 rings (SSSR count). The summed E-state index contributed by atoms with van der Waals surface area (Å²) in [7, 11) is 1.61. The molecule has 5 heteroatoms. The molecule has 0 bridgehead atoms. The highest BCUT2D eigenvalue weighted by Crippen LogP contribution is 2.13. The van der Waals surface area contributed by atoms with Crippen LogP contribution >= 0.6 is 12.4 Å². The molecule has 0 aliphatic heterocycles. The zero-order chi connectivity index (χ0) is 12.9. The molecular formula is C13H21ClN2O2. The van der Waals surface area contributed by atoms with Crippen molar-refractivity contribution in [2.75, 3.05) is 13.7 Å². The fourth-order valence-electron chi connectivity index (χ4n) is 1.44. The Hall–Kier alpha value is -1.26. The molecule has 0 aliphatic rings. The molecule has 0 atom stereocenters. The summed E-state index contributed by atoms with van der Waals surface area (Å²) in [6.45, 7) is 4.21. The fraction of sp³-hybridized carbons (Fsp3) is 0.462. The van der Waals surface area contributed by atoms with Crippen LogP contribution in [0.15, 0.2) is 24.3 Å². The van der Waals surface area contributed by atoms with Crippen molar-refractivity contribution in [1.82, 2.24) is 5.32 Å². The molecular weight excluding hydrogens is 252 g/mol. The fourth-order valence-corrected chi connectivity index (χ4v) is 1.44. The van der Waals surface area contributed by atoms with E-state index in [1.54, 1.807) is 7.11 Å². The topological polar surface area (TPSA) is 64.3 Å². The Kier molecular flexibility index (Phi) is 6.73. The first-order valence-electron chi connectivity index (χ1n) is 5.61. The Morgan fingerprint density at radius 3 is 2.67 bits per heavy atom. The average molecular weight is 273 g/mol. The first-order valence-corrected chi connectivity index (χ1v) is 5.61. The van der Waals surface area contributed by atoms with Crippen LogP contribution in [0, 0.1) is 0 Å². The molecule has 0 heterocycles. The van der Waals surface area contributed by atoms with Crippen molar-refractivity contribution in [3.05, 3.63) is 29.8 Å². The van der Waals surface area contributed by atoms with E-state index in [1.165, 1.54) is 0 Å². The van der Waals surface area contributed by atoms with Gasteiger partial charge in [0.1, 0.15) is 5.75 Å². The van der Waals surface area contributed by atoms with Gasteiger partial charge in [0.25, 0.3) is 0 Å². The maximum absolute atomic E-state index is 11.8. The molecule has 0 fully saturated rings. The van der Waals surface area contributed by atoms with Crippen LogP contribution in [0.25, 0.3) is 0 Å². The van der Waals surface area contributed by atoms with Gasteiger partial charge in [-0.05, 0) is 31.5 Å². The lowest BCUT2D eigenvalue weighted by molar-refractivity contribution is -0.121. The van der Waals surface area contributed by atoms with Crippen LogP contribution in [0.4, 0.5) is 0 Å². The maximum atomic E-state index is 11.8. The number of rotatable bonds is 5. The number of methoxy groups -OCH3 is 1. The number of nitrogens with one attached hydrogen (secondary N) is 1. The van der Waals surface area contributed by atoms with Gasteiger partial charge in [-0.3, -0.25) is 4.79 Å². The number of benzene rings is 1. The van der Waals surface area contributed by atoms with Crippen LogP contribution in [-0.4, -0.2) is 25.1 Å². The molecule has 0 radical (unpaired) electrons. The van der Waals surface area contributed by atoms with Gasteiger partial charge in [-0.2, -0.15) is 0 Å². The summed E-state index contributed by atoms with van der Waals surface area (Å²) < 4.78 is 5.11. The monoisotopic (exact) mass is 272 g/mol. The van der Waals surface area contributed by atoms with Crippen molar-refractivity contribution in [2.24, 2.45) is 5.73 Å².